The van der Waals surface area contributed by atoms with E-state index in [1.165, 1.54) is 12.1 Å². The van der Waals surface area contributed by atoms with Gasteiger partial charge in [0.1, 0.15) is 21.2 Å². The Kier molecular flexibility index (Phi) is 8.85. The highest BCUT2D eigenvalue weighted by molar-refractivity contribution is 7.86. The Bertz CT molecular complexity index is 2410. The number of fused-ring (bicyclic) bond motifs is 1. The molecule has 4 aromatic carbocycles. The van der Waals surface area contributed by atoms with E-state index in [0.29, 0.717) is 5.69 Å². The fraction of sp³-hybridized carbons (Fsp3) is 0.0385. The van der Waals surface area contributed by atoms with Crippen molar-refractivity contribution < 1.29 is 44.0 Å². The van der Waals surface area contributed by atoms with Crippen LogP contribution in [0.2, 0.25) is 5.28 Å². The first kappa shape index (κ1) is 33.5. The number of azo groups is 1. The summed E-state index contributed by atoms with van der Waals surface area (Å²) in [5.74, 6) is -1.27. The molecule has 0 bridgehead atoms. The second kappa shape index (κ2) is 12.4. The van der Waals surface area contributed by atoms with Crippen LogP contribution in [0.4, 0.5) is 34.6 Å². The summed E-state index contributed by atoms with van der Waals surface area (Å²) in [4.78, 5) is 11.3. The molecule has 0 saturated carbocycles. The molecular formula is C26H20ClN7O10S3. The minimum Gasteiger partial charge on any atom is -0.505 e. The Morgan fingerprint density at radius 2 is 1.40 bits per heavy atom. The summed E-state index contributed by atoms with van der Waals surface area (Å²) in [6.07, 6.45) is 0. The van der Waals surface area contributed by atoms with Crippen molar-refractivity contribution in [2.45, 2.75) is 14.7 Å². The number of benzene rings is 4. The maximum absolute atomic E-state index is 12.4. The van der Waals surface area contributed by atoms with E-state index in [-0.39, 0.29) is 33.6 Å². The van der Waals surface area contributed by atoms with Crippen molar-refractivity contribution in [3.63, 3.8) is 0 Å². The van der Waals surface area contributed by atoms with E-state index in [4.69, 9.17) is 11.6 Å². The van der Waals surface area contributed by atoms with Gasteiger partial charge in [-0.25, -0.2) is 0 Å². The molecule has 0 aliphatic rings. The number of para-hydroxylation sites is 1. The molecule has 0 aliphatic carbocycles. The number of hydrogen-bond acceptors (Lipinski definition) is 14. The summed E-state index contributed by atoms with van der Waals surface area (Å²) in [5.41, 5.74) is -1.06. The van der Waals surface area contributed by atoms with Crippen LogP contribution in [0.5, 0.6) is 5.75 Å². The van der Waals surface area contributed by atoms with E-state index in [0.717, 1.165) is 30.3 Å². The lowest BCUT2D eigenvalue weighted by Gasteiger charge is -2.18. The highest BCUT2D eigenvalue weighted by Crippen LogP contribution is 2.46. The van der Waals surface area contributed by atoms with Crippen LogP contribution in [0.3, 0.4) is 0 Å². The van der Waals surface area contributed by atoms with Gasteiger partial charge >= 0.3 is 0 Å². The summed E-state index contributed by atoms with van der Waals surface area (Å²) >= 11 is 6.14. The summed E-state index contributed by atoms with van der Waals surface area (Å²) in [6.45, 7) is 0. The Hall–Kier alpha value is -4.83. The molecule has 0 aliphatic heterocycles. The van der Waals surface area contributed by atoms with E-state index in [9.17, 15) is 44.0 Å². The van der Waals surface area contributed by atoms with Gasteiger partial charge in [-0.1, -0.05) is 30.3 Å². The van der Waals surface area contributed by atoms with Gasteiger partial charge in [0.05, 0.1) is 10.6 Å². The van der Waals surface area contributed by atoms with Crippen LogP contribution in [-0.2, 0) is 30.4 Å². The number of nitrogens with one attached hydrogen (secondary N) is 1. The normalized spacial score (nSPS) is 12.4. The number of phenols is 1. The lowest BCUT2D eigenvalue weighted by molar-refractivity contribution is 0.472. The molecule has 0 fully saturated rings. The van der Waals surface area contributed by atoms with E-state index in [1.54, 1.807) is 42.3 Å². The van der Waals surface area contributed by atoms with Gasteiger partial charge in [-0.15, -0.1) is 10.2 Å². The number of nitrogens with zero attached hydrogens (tertiary/aromatic N) is 6. The zero-order chi connectivity index (χ0) is 34.3. The quantitative estimate of drug-likeness (QED) is 0.0984. The monoisotopic (exact) mass is 721 g/mol. The molecule has 0 atom stereocenters. The van der Waals surface area contributed by atoms with Crippen molar-refractivity contribution in [2.75, 3.05) is 17.3 Å². The molecule has 47 heavy (non-hydrogen) atoms. The highest BCUT2D eigenvalue weighted by Gasteiger charge is 2.26. The SMILES string of the molecule is CN(c1ccccc1)c1nc(Cl)nc(Nc2cc(S(=O)(=O)O)cc3cc(S(=O)(=O)O)c(N=Nc4ccccc4S(=O)(=O)O)c(O)c23)n1. The first-order valence-electron chi connectivity index (χ1n) is 12.7. The smallest absolute Gasteiger partial charge is 0.296 e. The molecule has 21 heteroatoms. The van der Waals surface area contributed by atoms with Crippen LogP contribution in [-0.4, -0.2) is 66.0 Å². The number of anilines is 4. The summed E-state index contributed by atoms with van der Waals surface area (Å²) in [5, 5.41) is 20.4. The molecule has 5 rings (SSSR count). The Balaban J connectivity index is 1.75. The molecule has 1 heterocycles. The summed E-state index contributed by atoms with van der Waals surface area (Å²) in [6, 6.07) is 15.9. The Morgan fingerprint density at radius 1 is 0.766 bits per heavy atom. The third kappa shape index (κ3) is 7.28. The molecule has 0 radical (unpaired) electrons. The van der Waals surface area contributed by atoms with Gasteiger partial charge < -0.3 is 15.3 Å². The van der Waals surface area contributed by atoms with Gasteiger partial charge in [0.25, 0.3) is 30.4 Å². The molecule has 1 aromatic heterocycles. The molecule has 0 unspecified atom stereocenters. The predicted octanol–water partition coefficient (Wildman–Crippen LogP) is 5.05. The van der Waals surface area contributed by atoms with E-state index < -0.39 is 62.2 Å². The zero-order valence-electron chi connectivity index (χ0n) is 23.5. The summed E-state index contributed by atoms with van der Waals surface area (Å²) in [7, 11) is -13.4. The largest absolute Gasteiger partial charge is 0.505 e. The van der Waals surface area contributed by atoms with Crippen molar-refractivity contribution in [1.29, 1.82) is 0 Å². The van der Waals surface area contributed by atoms with Crippen LogP contribution >= 0.6 is 11.6 Å². The fourth-order valence-electron chi connectivity index (χ4n) is 4.30. The molecule has 17 nitrogen and oxygen atoms in total. The van der Waals surface area contributed by atoms with Crippen molar-refractivity contribution in [3.8, 4) is 5.75 Å². The number of phenolic OH excluding ortho intramolecular Hbond substituents is 1. The third-order valence-corrected chi connectivity index (χ3v) is 9.15. The van der Waals surface area contributed by atoms with Gasteiger partial charge in [-0.3, -0.25) is 13.7 Å². The van der Waals surface area contributed by atoms with E-state index in [1.807, 2.05) is 0 Å². The average Bonchev–Trinajstić information content (AvgIpc) is 2.98. The van der Waals surface area contributed by atoms with Gasteiger partial charge in [-0.2, -0.15) is 40.2 Å². The van der Waals surface area contributed by atoms with Crippen molar-refractivity contribution in [1.82, 2.24) is 15.0 Å². The number of halogens is 1. The second-order valence-corrected chi connectivity index (χ2v) is 14.0. The zero-order valence-corrected chi connectivity index (χ0v) is 26.7. The first-order valence-corrected chi connectivity index (χ1v) is 17.4. The van der Waals surface area contributed by atoms with Gasteiger partial charge in [0.2, 0.25) is 17.2 Å². The number of aromatic nitrogens is 3. The van der Waals surface area contributed by atoms with Gasteiger partial charge in [0.15, 0.2) is 5.75 Å². The van der Waals surface area contributed by atoms with Gasteiger partial charge in [0, 0.05) is 18.1 Å². The lowest BCUT2D eigenvalue weighted by Crippen LogP contribution is -2.15. The highest BCUT2D eigenvalue weighted by atomic mass is 35.5. The maximum Gasteiger partial charge on any atom is 0.296 e. The second-order valence-electron chi connectivity index (χ2n) is 9.48. The van der Waals surface area contributed by atoms with Crippen molar-refractivity contribution in [3.05, 3.63) is 78.1 Å². The van der Waals surface area contributed by atoms with Crippen LogP contribution in [0.15, 0.2) is 97.7 Å². The van der Waals surface area contributed by atoms with E-state index in [2.05, 4.69) is 30.5 Å². The molecule has 0 saturated heterocycles. The van der Waals surface area contributed by atoms with Crippen LogP contribution in [0, 0.1) is 0 Å². The minimum atomic E-state index is -5.23. The van der Waals surface area contributed by atoms with Crippen LogP contribution in [0.25, 0.3) is 10.8 Å². The molecule has 5 aromatic rings. The van der Waals surface area contributed by atoms with E-state index >= 15 is 0 Å². The predicted molar refractivity (Wildman–Crippen MR) is 168 cm³/mol. The Labute approximate surface area is 271 Å². The number of aromatic hydroxyl groups is 1. The molecule has 0 amide bonds. The van der Waals surface area contributed by atoms with Gasteiger partial charge in [-0.05, 0) is 59.5 Å². The van der Waals surface area contributed by atoms with Crippen LogP contribution < -0.4 is 10.2 Å². The molecular weight excluding hydrogens is 702 g/mol. The summed E-state index contributed by atoms with van der Waals surface area (Å²) < 4.78 is 102. The molecule has 244 valence electrons. The maximum atomic E-state index is 12.4. The topological polar surface area (TPSA) is 262 Å². The Morgan fingerprint density at radius 3 is 2.04 bits per heavy atom. The standard InChI is InChI=1S/C26H20ClN7O10S3/c1-34(15-7-3-2-4-8-15)26-30-24(27)29-25(31-26)28-18-13-16(45(36,37)38)11-14-12-20(47(42,43)44)22(23(35)21(14)18)33-32-17-9-5-6-10-19(17)46(39,40)41/h2-13,35H,1H3,(H,36,37,38)(H,39,40,41)(H,42,43,44)(H,28,29,30,31). The average molecular weight is 722 g/mol. The first-order chi connectivity index (χ1) is 21.9. The third-order valence-electron chi connectivity index (χ3n) is 6.39. The van der Waals surface area contributed by atoms with Crippen molar-refractivity contribution >= 4 is 87.4 Å². The van der Waals surface area contributed by atoms with Crippen LogP contribution in [0.1, 0.15) is 0 Å². The van der Waals surface area contributed by atoms with Crippen molar-refractivity contribution in [2.24, 2.45) is 10.2 Å². The number of rotatable bonds is 9. The molecule has 5 N–H and O–H groups in total. The number of hydrogen-bond donors (Lipinski definition) is 5. The fourth-order valence-corrected chi connectivity index (χ4v) is 6.28. The minimum absolute atomic E-state index is 0.0267. The lowest BCUT2D eigenvalue weighted by atomic mass is 10.1. The molecule has 0 spiro atoms.